The van der Waals surface area contributed by atoms with Gasteiger partial charge in [-0.1, -0.05) is 0 Å². The third kappa shape index (κ3) is 2.69. The fourth-order valence-corrected chi connectivity index (χ4v) is 1.57. The lowest BCUT2D eigenvalue weighted by Gasteiger charge is -1.99. The van der Waals surface area contributed by atoms with Gasteiger partial charge in [0.25, 0.3) is 0 Å². The number of aliphatic carboxylic acids is 1. The van der Waals surface area contributed by atoms with Crippen LogP contribution in [-0.2, 0) is 4.79 Å². The van der Waals surface area contributed by atoms with Crippen molar-refractivity contribution in [2.45, 2.75) is 19.3 Å². The molecule has 2 aromatic rings. The Balaban J connectivity index is 2.05. The van der Waals surface area contributed by atoms with E-state index in [9.17, 15) is 9.59 Å². The summed E-state index contributed by atoms with van der Waals surface area (Å²) in [6.07, 6.45) is 1.91. The van der Waals surface area contributed by atoms with Crippen LogP contribution in [0, 0.1) is 0 Å². The molecule has 1 heterocycles. The van der Waals surface area contributed by atoms with E-state index in [1.165, 1.54) is 6.39 Å². The van der Waals surface area contributed by atoms with Gasteiger partial charge in [0.15, 0.2) is 17.8 Å². The lowest BCUT2D eigenvalue weighted by molar-refractivity contribution is -0.137. The van der Waals surface area contributed by atoms with Gasteiger partial charge in [0.1, 0.15) is 5.52 Å². The van der Waals surface area contributed by atoms with Crippen molar-refractivity contribution in [3.63, 3.8) is 0 Å². The van der Waals surface area contributed by atoms with E-state index in [2.05, 4.69) is 4.98 Å². The molecule has 0 aliphatic heterocycles. The summed E-state index contributed by atoms with van der Waals surface area (Å²) in [5, 5.41) is 8.48. The second-order valence-electron chi connectivity index (χ2n) is 3.71. The Morgan fingerprint density at radius 1 is 1.29 bits per heavy atom. The third-order valence-corrected chi connectivity index (χ3v) is 2.45. The Kier molecular flexibility index (Phi) is 3.18. The lowest BCUT2D eigenvalue weighted by Crippen LogP contribution is -2.01. The molecule has 0 fully saturated rings. The van der Waals surface area contributed by atoms with Gasteiger partial charge in [-0.2, -0.15) is 0 Å². The molecule has 0 aliphatic rings. The average molecular weight is 233 g/mol. The molecule has 88 valence electrons. The molecule has 0 amide bonds. The van der Waals surface area contributed by atoms with Crippen molar-refractivity contribution < 1.29 is 19.1 Å². The quantitative estimate of drug-likeness (QED) is 0.801. The van der Waals surface area contributed by atoms with Crippen LogP contribution in [0.5, 0.6) is 0 Å². The van der Waals surface area contributed by atoms with Crippen molar-refractivity contribution in [3.8, 4) is 0 Å². The maximum Gasteiger partial charge on any atom is 0.303 e. The highest BCUT2D eigenvalue weighted by atomic mass is 16.4. The zero-order valence-corrected chi connectivity index (χ0v) is 9.05. The fourth-order valence-electron chi connectivity index (χ4n) is 1.57. The van der Waals surface area contributed by atoms with Crippen LogP contribution < -0.4 is 0 Å². The minimum atomic E-state index is -0.886. The Labute approximate surface area is 97.1 Å². The first-order chi connectivity index (χ1) is 8.16. The Hall–Kier alpha value is -2.17. The topological polar surface area (TPSA) is 80.4 Å². The standard InChI is InChI=1S/C12H11NO4/c14-10(2-1-3-12(15)16)8-4-5-9-11(6-8)17-7-13-9/h4-7H,1-3H2,(H,15,16). The van der Waals surface area contributed by atoms with E-state index in [1.54, 1.807) is 18.2 Å². The van der Waals surface area contributed by atoms with E-state index < -0.39 is 5.97 Å². The first-order valence-corrected chi connectivity index (χ1v) is 5.25. The number of hydrogen-bond acceptors (Lipinski definition) is 4. The number of hydrogen-bond donors (Lipinski definition) is 1. The summed E-state index contributed by atoms with van der Waals surface area (Å²) in [5.41, 5.74) is 1.79. The van der Waals surface area contributed by atoms with Crippen molar-refractivity contribution in [1.29, 1.82) is 0 Å². The van der Waals surface area contributed by atoms with Crippen LogP contribution in [0.15, 0.2) is 29.0 Å². The number of ketones is 1. The van der Waals surface area contributed by atoms with Crippen LogP contribution in [0.4, 0.5) is 0 Å². The number of oxazole rings is 1. The molecular weight excluding hydrogens is 222 g/mol. The highest BCUT2D eigenvalue weighted by Gasteiger charge is 2.09. The van der Waals surface area contributed by atoms with Gasteiger partial charge in [0, 0.05) is 18.4 Å². The molecule has 0 radical (unpaired) electrons. The molecule has 1 aromatic heterocycles. The van der Waals surface area contributed by atoms with Crippen molar-refractivity contribution in [1.82, 2.24) is 4.98 Å². The maximum absolute atomic E-state index is 11.7. The minimum absolute atomic E-state index is 0.0102. The molecule has 0 saturated heterocycles. The lowest BCUT2D eigenvalue weighted by atomic mass is 10.1. The number of benzene rings is 1. The van der Waals surface area contributed by atoms with Crippen molar-refractivity contribution in [3.05, 3.63) is 30.2 Å². The number of nitrogens with zero attached hydrogens (tertiary/aromatic N) is 1. The average Bonchev–Trinajstić information content (AvgIpc) is 2.75. The number of carboxylic acid groups (broad SMARTS) is 1. The predicted molar refractivity (Wildman–Crippen MR) is 59.8 cm³/mol. The predicted octanol–water partition coefficient (Wildman–Crippen LogP) is 2.27. The summed E-state index contributed by atoms with van der Waals surface area (Å²) in [7, 11) is 0. The van der Waals surface area contributed by atoms with Gasteiger partial charge >= 0.3 is 5.97 Å². The zero-order chi connectivity index (χ0) is 12.3. The highest BCUT2D eigenvalue weighted by molar-refractivity contribution is 5.98. The van der Waals surface area contributed by atoms with Crippen molar-refractivity contribution >= 4 is 22.9 Å². The minimum Gasteiger partial charge on any atom is -0.481 e. The first kappa shape index (κ1) is 11.3. The van der Waals surface area contributed by atoms with E-state index in [4.69, 9.17) is 9.52 Å². The van der Waals surface area contributed by atoms with E-state index in [0.29, 0.717) is 23.1 Å². The van der Waals surface area contributed by atoms with Crippen LogP contribution >= 0.6 is 0 Å². The summed E-state index contributed by atoms with van der Waals surface area (Å²) in [6, 6.07) is 5.02. The van der Waals surface area contributed by atoms with E-state index >= 15 is 0 Å². The Morgan fingerprint density at radius 3 is 2.88 bits per heavy atom. The molecule has 0 atom stereocenters. The first-order valence-electron chi connectivity index (χ1n) is 5.25. The summed E-state index contributed by atoms with van der Waals surface area (Å²) in [4.78, 5) is 26.0. The van der Waals surface area contributed by atoms with Crippen molar-refractivity contribution in [2.75, 3.05) is 0 Å². The van der Waals surface area contributed by atoms with Gasteiger partial charge in [-0.25, -0.2) is 4.98 Å². The molecule has 0 bridgehead atoms. The highest BCUT2D eigenvalue weighted by Crippen LogP contribution is 2.16. The molecule has 0 spiro atoms. The second-order valence-corrected chi connectivity index (χ2v) is 3.71. The monoisotopic (exact) mass is 233 g/mol. The summed E-state index contributed by atoms with van der Waals surface area (Å²) >= 11 is 0. The molecule has 0 aliphatic carbocycles. The molecule has 1 N–H and O–H groups in total. The summed E-state index contributed by atoms with van der Waals surface area (Å²) in [6.45, 7) is 0. The Bertz CT molecular complexity index is 558. The molecule has 0 saturated carbocycles. The number of fused-ring (bicyclic) bond motifs is 1. The zero-order valence-electron chi connectivity index (χ0n) is 9.05. The van der Waals surface area contributed by atoms with Crippen molar-refractivity contribution in [2.24, 2.45) is 0 Å². The molecule has 0 unspecified atom stereocenters. The van der Waals surface area contributed by atoms with Gasteiger partial charge < -0.3 is 9.52 Å². The molecular formula is C12H11NO4. The molecule has 5 heteroatoms. The second kappa shape index (κ2) is 4.78. The number of aromatic nitrogens is 1. The van der Waals surface area contributed by atoms with Gasteiger partial charge in [0.05, 0.1) is 0 Å². The largest absolute Gasteiger partial charge is 0.481 e. The summed E-state index contributed by atoms with van der Waals surface area (Å²) < 4.78 is 5.09. The number of carbonyl (C=O) groups excluding carboxylic acids is 1. The molecule has 2 rings (SSSR count). The molecule has 5 nitrogen and oxygen atoms in total. The van der Waals surface area contributed by atoms with E-state index in [-0.39, 0.29) is 18.6 Å². The van der Waals surface area contributed by atoms with Gasteiger partial charge in [-0.05, 0) is 24.6 Å². The van der Waals surface area contributed by atoms with Crippen LogP contribution in [0.2, 0.25) is 0 Å². The van der Waals surface area contributed by atoms with Gasteiger partial charge in [-0.15, -0.1) is 0 Å². The van der Waals surface area contributed by atoms with E-state index in [1.807, 2.05) is 0 Å². The Morgan fingerprint density at radius 2 is 2.12 bits per heavy atom. The fraction of sp³-hybridized carbons (Fsp3) is 0.250. The normalized spacial score (nSPS) is 10.6. The molecule has 17 heavy (non-hydrogen) atoms. The SMILES string of the molecule is O=C(O)CCCC(=O)c1ccc2ncoc2c1. The summed E-state index contributed by atoms with van der Waals surface area (Å²) in [5.74, 6) is -0.965. The third-order valence-electron chi connectivity index (χ3n) is 2.45. The number of carboxylic acids is 1. The number of carbonyl (C=O) groups is 2. The van der Waals surface area contributed by atoms with Crippen LogP contribution in [-0.4, -0.2) is 21.8 Å². The number of rotatable bonds is 5. The smallest absolute Gasteiger partial charge is 0.303 e. The van der Waals surface area contributed by atoms with Crippen LogP contribution in [0.1, 0.15) is 29.6 Å². The maximum atomic E-state index is 11.7. The molecule has 1 aromatic carbocycles. The van der Waals surface area contributed by atoms with Crippen LogP contribution in [0.25, 0.3) is 11.1 Å². The van der Waals surface area contributed by atoms with Crippen LogP contribution in [0.3, 0.4) is 0 Å². The number of Topliss-reactive ketones (excluding diaryl/α,β-unsaturated/α-hetero) is 1. The van der Waals surface area contributed by atoms with E-state index in [0.717, 1.165) is 0 Å². The van der Waals surface area contributed by atoms with Gasteiger partial charge in [0.2, 0.25) is 0 Å². The van der Waals surface area contributed by atoms with Gasteiger partial charge in [-0.3, -0.25) is 9.59 Å².